The van der Waals surface area contributed by atoms with E-state index in [0.717, 1.165) is 6.07 Å². The number of aromatic hydroxyl groups is 2. The lowest BCUT2D eigenvalue weighted by Crippen LogP contribution is -2.29. The zero-order valence-corrected chi connectivity index (χ0v) is 18.5. The summed E-state index contributed by atoms with van der Waals surface area (Å²) in [6, 6.07) is 9.84. The van der Waals surface area contributed by atoms with Crippen molar-refractivity contribution < 1.29 is 14.9 Å². The highest BCUT2D eigenvalue weighted by Crippen LogP contribution is 2.41. The number of hydrogen-bond acceptors (Lipinski definition) is 5. The molecule has 0 saturated carbocycles. The molecule has 7 nitrogen and oxygen atoms in total. The molecule has 1 atom stereocenters. The molecule has 0 amide bonds. The Balaban J connectivity index is 2.48. The molecule has 2 N–H and O–H groups in total. The van der Waals surface area contributed by atoms with Gasteiger partial charge in [-0.1, -0.05) is 12.1 Å². The topological polar surface area (TPSA) is 93.7 Å². The number of aromatic nitrogens is 2. The minimum Gasteiger partial charge on any atom is -0.507 e. The van der Waals surface area contributed by atoms with E-state index in [4.69, 9.17) is 4.74 Å². The number of rotatable bonds is 6. The van der Waals surface area contributed by atoms with Gasteiger partial charge in [-0.05, 0) is 51.5 Å². The van der Waals surface area contributed by atoms with Crippen molar-refractivity contribution in [1.29, 1.82) is 0 Å². The van der Waals surface area contributed by atoms with Crippen LogP contribution < -0.4 is 15.9 Å². The molecule has 3 aromatic rings. The summed E-state index contributed by atoms with van der Waals surface area (Å²) in [5.74, 6) is -0.610. The van der Waals surface area contributed by atoms with Crippen LogP contribution in [-0.4, -0.2) is 26.5 Å². The van der Waals surface area contributed by atoms with Crippen LogP contribution in [0.25, 0.3) is 0 Å². The molecule has 0 radical (unpaired) electrons. The first-order valence-electron chi connectivity index (χ1n) is 10.3. The van der Waals surface area contributed by atoms with Crippen LogP contribution in [0.2, 0.25) is 0 Å². The maximum atomic E-state index is 13.4. The molecule has 0 aliphatic carbocycles. The van der Waals surface area contributed by atoms with E-state index in [1.165, 1.54) is 4.57 Å². The molecule has 0 aliphatic heterocycles. The van der Waals surface area contributed by atoms with E-state index >= 15 is 0 Å². The highest BCUT2D eigenvalue weighted by molar-refractivity contribution is 5.54. The van der Waals surface area contributed by atoms with Crippen molar-refractivity contribution in [2.24, 2.45) is 0 Å². The summed E-state index contributed by atoms with van der Waals surface area (Å²) in [5, 5.41) is 21.7. The van der Waals surface area contributed by atoms with Gasteiger partial charge in [-0.3, -0.25) is 9.59 Å². The number of nitrogens with zero attached hydrogens (tertiary/aromatic N) is 2. The summed E-state index contributed by atoms with van der Waals surface area (Å²) in [5.41, 5.74) is 1.68. The highest BCUT2D eigenvalue weighted by atomic mass is 16.5. The summed E-state index contributed by atoms with van der Waals surface area (Å²) in [7, 11) is 1.54. The van der Waals surface area contributed by atoms with E-state index in [2.05, 4.69) is 0 Å². The second-order valence-electron chi connectivity index (χ2n) is 7.45. The number of benzene rings is 1. The third-order valence-electron chi connectivity index (χ3n) is 5.76. The Kier molecular flexibility index (Phi) is 6.24. The van der Waals surface area contributed by atoms with Crippen molar-refractivity contribution in [2.45, 2.75) is 46.7 Å². The second kappa shape index (κ2) is 8.71. The maximum absolute atomic E-state index is 13.4. The molecule has 7 heteroatoms. The molecule has 2 heterocycles. The Bertz CT molecular complexity index is 1240. The van der Waals surface area contributed by atoms with Gasteiger partial charge in [-0.2, -0.15) is 0 Å². The lowest BCUT2D eigenvalue weighted by atomic mass is 9.83. The molecule has 0 aliphatic rings. The van der Waals surface area contributed by atoms with Crippen molar-refractivity contribution in [2.75, 3.05) is 7.11 Å². The van der Waals surface area contributed by atoms with E-state index in [1.54, 1.807) is 49.8 Å². The van der Waals surface area contributed by atoms with Crippen LogP contribution in [0.4, 0.5) is 0 Å². The number of ether oxygens (including phenoxy) is 1. The Morgan fingerprint density at radius 2 is 1.58 bits per heavy atom. The Morgan fingerprint density at radius 3 is 2.19 bits per heavy atom. The number of methoxy groups -OCH3 is 1. The van der Waals surface area contributed by atoms with Gasteiger partial charge in [-0.25, -0.2) is 0 Å². The Morgan fingerprint density at radius 1 is 0.935 bits per heavy atom. The van der Waals surface area contributed by atoms with E-state index in [9.17, 15) is 19.8 Å². The molecule has 0 spiro atoms. The maximum Gasteiger partial charge on any atom is 0.258 e. The third kappa shape index (κ3) is 3.83. The Hall–Kier alpha value is -3.48. The van der Waals surface area contributed by atoms with E-state index < -0.39 is 5.92 Å². The van der Waals surface area contributed by atoms with Crippen LogP contribution in [-0.2, 0) is 13.1 Å². The van der Waals surface area contributed by atoms with Crippen molar-refractivity contribution >= 4 is 0 Å². The zero-order valence-electron chi connectivity index (χ0n) is 18.5. The van der Waals surface area contributed by atoms with Gasteiger partial charge in [0.1, 0.15) is 17.2 Å². The van der Waals surface area contributed by atoms with Gasteiger partial charge < -0.3 is 24.1 Å². The van der Waals surface area contributed by atoms with Crippen LogP contribution in [0, 0.1) is 13.8 Å². The first-order chi connectivity index (χ1) is 14.7. The normalized spacial score (nSPS) is 12.0. The standard InChI is InChI=1S/C24H28N2O5/c1-6-25-14(3)11-18(27)23(24(25)30)22(16-9-8-10-17(12-16)31-5)21-15(4)26(7-2)20(29)13-19(21)28/h8-13,22,27-28H,6-7H2,1-5H3. The van der Waals surface area contributed by atoms with Gasteiger partial charge in [0.25, 0.3) is 11.1 Å². The van der Waals surface area contributed by atoms with Gasteiger partial charge in [0, 0.05) is 42.0 Å². The predicted molar refractivity (Wildman–Crippen MR) is 119 cm³/mol. The minimum absolute atomic E-state index is 0.139. The van der Waals surface area contributed by atoms with E-state index in [-0.39, 0.29) is 28.2 Å². The molecule has 0 bridgehead atoms. The number of hydrogen-bond donors (Lipinski definition) is 2. The zero-order chi connectivity index (χ0) is 22.9. The summed E-state index contributed by atoms with van der Waals surface area (Å²) < 4.78 is 8.47. The van der Waals surface area contributed by atoms with Crippen molar-refractivity contribution in [3.63, 3.8) is 0 Å². The summed E-state index contributed by atoms with van der Waals surface area (Å²) in [6.45, 7) is 8.02. The molecule has 31 heavy (non-hydrogen) atoms. The quantitative estimate of drug-likeness (QED) is 0.634. The third-order valence-corrected chi connectivity index (χ3v) is 5.76. The lowest BCUT2D eigenvalue weighted by Gasteiger charge is -2.25. The largest absolute Gasteiger partial charge is 0.507 e. The fourth-order valence-electron chi connectivity index (χ4n) is 4.25. The first-order valence-corrected chi connectivity index (χ1v) is 10.3. The van der Waals surface area contributed by atoms with Crippen molar-refractivity contribution in [3.05, 3.63) is 85.2 Å². The molecular weight excluding hydrogens is 396 g/mol. The molecule has 164 valence electrons. The second-order valence-corrected chi connectivity index (χ2v) is 7.45. The predicted octanol–water partition coefficient (Wildman–Crippen LogP) is 3.27. The highest BCUT2D eigenvalue weighted by Gasteiger charge is 2.30. The SMILES string of the molecule is CCn1c(C)c(C(c2cccc(OC)c2)c2c(O)cc(C)n(CC)c2=O)c(O)cc1=O. The van der Waals surface area contributed by atoms with Crippen molar-refractivity contribution in [3.8, 4) is 17.2 Å². The minimum atomic E-state index is -0.806. The molecule has 1 unspecified atom stereocenters. The van der Waals surface area contributed by atoms with E-state index in [0.29, 0.717) is 41.4 Å². The summed E-state index contributed by atoms with van der Waals surface area (Å²) in [4.78, 5) is 25.8. The van der Waals surface area contributed by atoms with Gasteiger partial charge in [-0.15, -0.1) is 0 Å². The van der Waals surface area contributed by atoms with Crippen molar-refractivity contribution in [1.82, 2.24) is 9.13 Å². The number of pyridine rings is 2. The molecule has 0 fully saturated rings. The monoisotopic (exact) mass is 424 g/mol. The van der Waals surface area contributed by atoms with Gasteiger partial charge >= 0.3 is 0 Å². The smallest absolute Gasteiger partial charge is 0.258 e. The summed E-state index contributed by atoms with van der Waals surface area (Å²) >= 11 is 0. The average molecular weight is 424 g/mol. The average Bonchev–Trinajstić information content (AvgIpc) is 2.72. The Labute approximate surface area is 180 Å². The molecule has 3 rings (SSSR count). The molecular formula is C24H28N2O5. The number of aryl methyl sites for hydroxylation is 1. The van der Waals surface area contributed by atoms with Crippen LogP contribution in [0.15, 0.2) is 46.0 Å². The van der Waals surface area contributed by atoms with Crippen LogP contribution in [0.3, 0.4) is 0 Å². The lowest BCUT2D eigenvalue weighted by molar-refractivity contribution is 0.413. The first kappa shape index (κ1) is 22.2. The summed E-state index contributed by atoms with van der Waals surface area (Å²) in [6.07, 6.45) is 0. The van der Waals surface area contributed by atoms with Gasteiger partial charge in [0.15, 0.2) is 0 Å². The van der Waals surface area contributed by atoms with E-state index in [1.807, 2.05) is 19.9 Å². The fourth-order valence-corrected chi connectivity index (χ4v) is 4.25. The van der Waals surface area contributed by atoms with Crippen LogP contribution in [0.1, 0.15) is 47.8 Å². The molecule has 0 saturated heterocycles. The van der Waals surface area contributed by atoms with Gasteiger partial charge in [0.05, 0.1) is 12.7 Å². The fraction of sp³-hybridized carbons (Fsp3) is 0.333. The van der Waals surface area contributed by atoms with Gasteiger partial charge in [0.2, 0.25) is 0 Å². The molecule has 1 aromatic carbocycles. The molecule has 2 aromatic heterocycles. The van der Waals surface area contributed by atoms with Crippen LogP contribution in [0.5, 0.6) is 17.2 Å². The van der Waals surface area contributed by atoms with Crippen LogP contribution >= 0.6 is 0 Å².